The Bertz CT molecular complexity index is 6580. The van der Waals surface area contributed by atoms with Gasteiger partial charge in [0.2, 0.25) is 5.95 Å². The average Bonchev–Trinajstić information content (AvgIpc) is 1.53. The maximum atomic E-state index is 5.87. The number of fused-ring (bicyclic) bond motifs is 19. The lowest BCUT2D eigenvalue weighted by Gasteiger charge is -2.17. The predicted molar refractivity (Wildman–Crippen MR) is 403 cm³/mol. The number of para-hydroxylation sites is 3. The fourth-order valence-corrected chi connectivity index (χ4v) is 18.6. The topological polar surface area (TPSA) is 40.6 Å². The smallest absolute Gasteiger partial charge is 0.237 e. The molecule has 21 aromatic rings. The van der Waals surface area contributed by atoms with Gasteiger partial charge in [-0.25, -0.2) is 4.98 Å². The van der Waals surface area contributed by atoms with Gasteiger partial charge < -0.3 is 4.57 Å². The van der Waals surface area contributed by atoms with E-state index >= 15 is 0 Å². The highest BCUT2D eigenvalue weighted by molar-refractivity contribution is 7.26. The van der Waals surface area contributed by atoms with Gasteiger partial charge in [0, 0.05) is 110 Å². The van der Waals surface area contributed by atoms with Crippen LogP contribution in [0.25, 0.3) is 199 Å². The van der Waals surface area contributed by atoms with Gasteiger partial charge in [0.25, 0.3) is 0 Å². The van der Waals surface area contributed by atoms with Crippen molar-refractivity contribution in [3.8, 4) is 62.1 Å². The standard InChI is InChI=1S/C86H49N5S3/c1-2-16-58-56(15-1)57(38-39-75(58)89-72-23-9-3-17-59(72)62-35-29-53(46-76(62)89)50-32-40-82-68(43-50)65-20-6-12-26-79(65)92-82)71-49-85(90-73-24-10-4-18-60(73)63-36-30-54(47-77(63)90)51-33-41-83-69(44-51)66-21-7-13-27-80(66)93-83)88-86(87-71)91-74-25-11-5-19-61(74)64-37-31-55(48-78(64)91)52-34-42-84-70(45-52)67-22-8-14-28-81(67)94-84/h1-49H. The van der Waals surface area contributed by atoms with E-state index < -0.39 is 0 Å². The van der Waals surface area contributed by atoms with Gasteiger partial charge >= 0.3 is 0 Å². The molecule has 14 aromatic carbocycles. The van der Waals surface area contributed by atoms with Crippen LogP contribution < -0.4 is 0 Å². The lowest BCUT2D eigenvalue weighted by molar-refractivity contribution is 0.952. The second-order valence-electron chi connectivity index (χ2n) is 24.8. The Morgan fingerprint density at radius 2 is 0.553 bits per heavy atom. The number of benzene rings is 14. The van der Waals surface area contributed by atoms with Gasteiger partial charge in [0.05, 0.1) is 44.5 Å². The molecule has 0 atom stereocenters. The van der Waals surface area contributed by atoms with Crippen LogP contribution in [0.1, 0.15) is 0 Å². The molecular formula is C86H49N5S3. The summed E-state index contributed by atoms with van der Waals surface area (Å²) in [6.45, 7) is 0. The molecule has 0 radical (unpaired) electrons. The fraction of sp³-hybridized carbons (Fsp3) is 0. The molecular weight excluding hydrogens is 1200 g/mol. The minimum absolute atomic E-state index is 0.587. The largest absolute Gasteiger partial charge is 0.309 e. The minimum atomic E-state index is 0.587. The van der Waals surface area contributed by atoms with Crippen molar-refractivity contribution in [2.75, 3.05) is 0 Å². The van der Waals surface area contributed by atoms with Crippen LogP contribution in [0.4, 0.5) is 0 Å². The third-order valence-electron chi connectivity index (χ3n) is 19.7. The van der Waals surface area contributed by atoms with Crippen molar-refractivity contribution >= 4 is 171 Å². The van der Waals surface area contributed by atoms with E-state index in [1.165, 1.54) is 88.0 Å². The molecule has 8 heteroatoms. The Hall–Kier alpha value is -11.5. The van der Waals surface area contributed by atoms with Gasteiger partial charge in [-0.1, -0.05) is 194 Å². The maximum Gasteiger partial charge on any atom is 0.237 e. The second kappa shape index (κ2) is 20.0. The van der Waals surface area contributed by atoms with Gasteiger partial charge in [0.1, 0.15) is 5.82 Å². The molecule has 0 fully saturated rings. The Morgan fingerprint density at radius 3 is 1.03 bits per heavy atom. The summed E-state index contributed by atoms with van der Waals surface area (Å²) in [5.74, 6) is 1.36. The third kappa shape index (κ3) is 7.73. The van der Waals surface area contributed by atoms with Crippen molar-refractivity contribution in [1.29, 1.82) is 0 Å². The van der Waals surface area contributed by atoms with E-state index in [4.69, 9.17) is 9.97 Å². The summed E-state index contributed by atoms with van der Waals surface area (Å²) in [4.78, 5) is 11.7. The molecule has 436 valence electrons. The number of rotatable bonds is 7. The summed E-state index contributed by atoms with van der Waals surface area (Å²) >= 11 is 5.56. The van der Waals surface area contributed by atoms with E-state index in [1.54, 1.807) is 0 Å². The van der Waals surface area contributed by atoms with Crippen LogP contribution in [0.2, 0.25) is 0 Å². The van der Waals surface area contributed by atoms with Crippen LogP contribution >= 0.6 is 34.0 Å². The molecule has 0 aliphatic heterocycles. The highest BCUT2D eigenvalue weighted by Crippen LogP contribution is 2.45. The molecule has 0 saturated carbocycles. The van der Waals surface area contributed by atoms with Crippen LogP contribution in [-0.4, -0.2) is 23.7 Å². The van der Waals surface area contributed by atoms with Crippen LogP contribution in [0, 0.1) is 0 Å². The van der Waals surface area contributed by atoms with Crippen molar-refractivity contribution in [3.05, 3.63) is 297 Å². The van der Waals surface area contributed by atoms with E-state index in [2.05, 4.69) is 311 Å². The SMILES string of the molecule is c1ccc2c(c1)sc1ccc(-c3ccc4c5ccccc5n(-c5cc(-c6ccc(-n7c8ccccc8c8ccc(-c9ccc%10sc%11ccccc%11c%10c9)cc87)c7ccccc67)nc(-n6c7ccccc7c7ccc(-c8ccc9sc%10ccccc%10c9c8)cc76)n5)c4c3)cc12. The Kier molecular flexibility index (Phi) is 11.1. The van der Waals surface area contributed by atoms with E-state index in [9.17, 15) is 0 Å². The van der Waals surface area contributed by atoms with Gasteiger partial charge in [-0.05, 0) is 136 Å². The van der Waals surface area contributed by atoms with Gasteiger partial charge in [0.15, 0.2) is 0 Å². The first-order valence-corrected chi connectivity index (χ1v) is 34.3. The molecule has 5 nitrogen and oxygen atoms in total. The zero-order valence-electron chi connectivity index (χ0n) is 50.3. The molecule has 0 bridgehead atoms. The minimum Gasteiger partial charge on any atom is -0.309 e. The molecule has 7 aromatic heterocycles. The Balaban J connectivity index is 0.802. The molecule has 0 amide bonds. The van der Waals surface area contributed by atoms with Crippen LogP contribution in [0.3, 0.4) is 0 Å². The van der Waals surface area contributed by atoms with Crippen molar-refractivity contribution in [2.45, 2.75) is 0 Å². The fourth-order valence-electron chi connectivity index (χ4n) is 15.4. The molecule has 0 spiro atoms. The third-order valence-corrected chi connectivity index (χ3v) is 23.2. The van der Waals surface area contributed by atoms with Gasteiger partial charge in [-0.2, -0.15) is 4.98 Å². The summed E-state index contributed by atoms with van der Waals surface area (Å²) in [6.07, 6.45) is 0. The van der Waals surface area contributed by atoms with Crippen LogP contribution in [-0.2, 0) is 0 Å². The van der Waals surface area contributed by atoms with Crippen molar-refractivity contribution in [3.63, 3.8) is 0 Å². The first-order chi connectivity index (χ1) is 46.6. The number of hydrogen-bond donors (Lipinski definition) is 0. The van der Waals surface area contributed by atoms with E-state index in [-0.39, 0.29) is 0 Å². The molecule has 0 saturated heterocycles. The quantitative estimate of drug-likeness (QED) is 0.160. The second-order valence-corrected chi connectivity index (χ2v) is 28.0. The maximum absolute atomic E-state index is 5.87. The highest BCUT2D eigenvalue weighted by atomic mass is 32.1. The molecule has 7 heterocycles. The van der Waals surface area contributed by atoms with E-state index in [0.29, 0.717) is 5.95 Å². The zero-order valence-corrected chi connectivity index (χ0v) is 52.7. The zero-order chi connectivity index (χ0) is 61.3. The van der Waals surface area contributed by atoms with Gasteiger partial charge in [-0.15, -0.1) is 34.0 Å². The van der Waals surface area contributed by atoms with E-state index in [0.717, 1.165) is 105 Å². The summed E-state index contributed by atoms with van der Waals surface area (Å²) in [7, 11) is 0. The van der Waals surface area contributed by atoms with E-state index in [1.807, 2.05) is 34.0 Å². The van der Waals surface area contributed by atoms with Gasteiger partial charge in [-0.3, -0.25) is 9.13 Å². The van der Waals surface area contributed by atoms with Crippen molar-refractivity contribution < 1.29 is 0 Å². The first-order valence-electron chi connectivity index (χ1n) is 31.8. The predicted octanol–water partition coefficient (Wildman–Crippen LogP) is 24.7. The Morgan fingerprint density at radius 1 is 0.213 bits per heavy atom. The normalized spacial score (nSPS) is 12.3. The lowest BCUT2D eigenvalue weighted by atomic mass is 9.99. The lowest BCUT2D eigenvalue weighted by Crippen LogP contribution is -2.07. The number of thiophene rings is 3. The number of aromatic nitrogens is 5. The summed E-state index contributed by atoms with van der Waals surface area (Å²) < 4.78 is 15.0. The average molecular weight is 1250 g/mol. The molecule has 21 rings (SSSR count). The van der Waals surface area contributed by atoms with Crippen molar-refractivity contribution in [1.82, 2.24) is 23.7 Å². The summed E-state index contributed by atoms with van der Waals surface area (Å²) in [6, 6.07) is 110. The summed E-state index contributed by atoms with van der Waals surface area (Å²) in [5.41, 5.74) is 16.4. The molecule has 0 aliphatic rings. The number of nitrogens with zero attached hydrogens (tertiary/aromatic N) is 5. The molecule has 0 N–H and O–H groups in total. The molecule has 0 aliphatic carbocycles. The summed E-state index contributed by atoms with van der Waals surface area (Å²) in [5, 5.41) is 17.0. The van der Waals surface area contributed by atoms with Crippen LogP contribution in [0.15, 0.2) is 297 Å². The number of hydrogen-bond acceptors (Lipinski definition) is 5. The van der Waals surface area contributed by atoms with Crippen molar-refractivity contribution in [2.24, 2.45) is 0 Å². The first kappa shape index (κ1) is 52.1. The highest BCUT2D eigenvalue weighted by Gasteiger charge is 2.24. The van der Waals surface area contributed by atoms with Crippen LogP contribution in [0.5, 0.6) is 0 Å². The molecule has 94 heavy (non-hydrogen) atoms. The Labute approximate surface area is 549 Å². The molecule has 0 unspecified atom stereocenters. The monoisotopic (exact) mass is 1250 g/mol.